The standard InChI is InChI=1S/C42H38ClN3O6/c1-24-8-13-28(14-9-24)44-46-39(49)34-23-33-31(18-19-32-36(33)40(50)45(38(32)48)29-15-10-25(2)35(43)22-29)37(26-11-16-30(17-12-26)52-21-20-47)42(34,41(46)51)27-6-4-3-5-7-27/h3-18,22,32-34,36-37,44,47H,19-21,23H2,1-2H3/t32-,33+,34-,36-,37-,42+/m0/s1. The average Bonchev–Trinajstić information content (AvgIpc) is 3.54. The van der Waals surface area contributed by atoms with E-state index in [9.17, 15) is 19.5 Å². The number of hydrogen-bond acceptors (Lipinski definition) is 7. The smallest absolute Gasteiger partial charge is 0.260 e. The fraction of sp³-hybridized carbons (Fsp3) is 0.286. The predicted octanol–water partition coefficient (Wildman–Crippen LogP) is 6.52. The van der Waals surface area contributed by atoms with Gasteiger partial charge in [0, 0.05) is 10.9 Å². The largest absolute Gasteiger partial charge is 0.491 e. The molecule has 10 heteroatoms. The summed E-state index contributed by atoms with van der Waals surface area (Å²) < 4.78 is 5.68. The van der Waals surface area contributed by atoms with Gasteiger partial charge in [-0.1, -0.05) is 89.5 Å². The van der Waals surface area contributed by atoms with Crippen molar-refractivity contribution in [3.63, 3.8) is 0 Å². The minimum absolute atomic E-state index is 0.126. The molecule has 264 valence electrons. The van der Waals surface area contributed by atoms with Gasteiger partial charge in [0.1, 0.15) is 12.4 Å². The van der Waals surface area contributed by atoms with Crippen LogP contribution in [0.1, 0.15) is 41.0 Å². The molecule has 2 N–H and O–H groups in total. The summed E-state index contributed by atoms with van der Waals surface area (Å²) in [7, 11) is 0. The quantitative estimate of drug-likeness (QED) is 0.158. The molecular formula is C42H38ClN3O6. The molecule has 0 spiro atoms. The van der Waals surface area contributed by atoms with E-state index < -0.39 is 35.0 Å². The Balaban J connectivity index is 1.29. The van der Waals surface area contributed by atoms with Crippen LogP contribution in [0.2, 0.25) is 5.02 Å². The van der Waals surface area contributed by atoms with E-state index >= 15 is 4.79 Å². The number of anilines is 2. The number of aliphatic hydroxyl groups excluding tert-OH is 1. The third kappa shape index (κ3) is 5.17. The van der Waals surface area contributed by atoms with Crippen molar-refractivity contribution in [2.75, 3.05) is 23.5 Å². The number of hydrogen-bond donors (Lipinski definition) is 2. The molecule has 4 amide bonds. The van der Waals surface area contributed by atoms with Gasteiger partial charge < -0.3 is 9.84 Å². The number of nitrogens with one attached hydrogen (secondary N) is 1. The summed E-state index contributed by atoms with van der Waals surface area (Å²) in [6, 6.07) is 29.5. The highest BCUT2D eigenvalue weighted by Crippen LogP contribution is 2.64. The van der Waals surface area contributed by atoms with Crippen LogP contribution in [0, 0.1) is 37.5 Å². The molecule has 4 aromatic rings. The Morgan fingerprint density at radius 1 is 0.865 bits per heavy atom. The van der Waals surface area contributed by atoms with Crippen LogP contribution in [0.3, 0.4) is 0 Å². The maximum Gasteiger partial charge on any atom is 0.260 e. The van der Waals surface area contributed by atoms with Crippen molar-refractivity contribution in [2.24, 2.45) is 23.7 Å². The summed E-state index contributed by atoms with van der Waals surface area (Å²) in [5.74, 6) is -4.18. The molecule has 2 aliphatic carbocycles. The Morgan fingerprint density at radius 3 is 2.29 bits per heavy atom. The van der Waals surface area contributed by atoms with Crippen molar-refractivity contribution in [2.45, 2.75) is 38.0 Å². The van der Waals surface area contributed by atoms with Gasteiger partial charge in [0.05, 0.1) is 41.2 Å². The number of allylic oxidation sites excluding steroid dienone is 2. The molecule has 0 aromatic heterocycles. The van der Waals surface area contributed by atoms with Gasteiger partial charge in [0.25, 0.3) is 11.8 Å². The Hall–Kier alpha value is -5.25. The van der Waals surface area contributed by atoms with E-state index in [0.29, 0.717) is 34.1 Å². The highest BCUT2D eigenvalue weighted by atomic mass is 35.5. The molecule has 4 aliphatic rings. The monoisotopic (exact) mass is 715 g/mol. The van der Waals surface area contributed by atoms with Crippen molar-refractivity contribution < 1.29 is 29.0 Å². The SMILES string of the molecule is Cc1ccc(NN2C(=O)[C@@H]3C[C@@H]4C(=CC[C@@H]5C(=O)N(c6ccc(C)c(Cl)c6)C(=O)[C@@H]54)[C@H](c4ccc(OCCO)cc4)[C@]3(c3ccccc3)C2=O)cc1. The van der Waals surface area contributed by atoms with Gasteiger partial charge in [-0.2, -0.15) is 5.01 Å². The number of carbonyl (C=O) groups is 4. The van der Waals surface area contributed by atoms with E-state index in [1.807, 2.05) is 86.7 Å². The zero-order valence-corrected chi connectivity index (χ0v) is 29.5. The molecule has 6 atom stereocenters. The summed E-state index contributed by atoms with van der Waals surface area (Å²) in [5.41, 5.74) is 6.99. The van der Waals surface area contributed by atoms with Crippen LogP contribution in [0.4, 0.5) is 11.4 Å². The highest BCUT2D eigenvalue weighted by molar-refractivity contribution is 6.32. The Bertz CT molecular complexity index is 2120. The zero-order valence-electron chi connectivity index (χ0n) is 28.8. The van der Waals surface area contributed by atoms with E-state index in [1.54, 1.807) is 30.3 Å². The van der Waals surface area contributed by atoms with E-state index in [2.05, 4.69) is 5.43 Å². The molecule has 1 saturated carbocycles. The lowest BCUT2D eigenvalue weighted by Crippen LogP contribution is -2.53. The highest BCUT2D eigenvalue weighted by Gasteiger charge is 2.70. The number of aliphatic hydroxyl groups is 1. The average molecular weight is 716 g/mol. The number of carbonyl (C=O) groups excluding carboxylic acids is 4. The number of halogens is 1. The molecule has 52 heavy (non-hydrogen) atoms. The molecule has 9 nitrogen and oxygen atoms in total. The van der Waals surface area contributed by atoms with Crippen LogP contribution in [-0.2, 0) is 24.6 Å². The topological polar surface area (TPSA) is 116 Å². The summed E-state index contributed by atoms with van der Waals surface area (Å²) in [6.45, 7) is 3.81. The number of hydrazine groups is 1. The number of imide groups is 2. The molecule has 2 saturated heterocycles. The molecule has 3 fully saturated rings. The van der Waals surface area contributed by atoms with Crippen molar-refractivity contribution >= 4 is 46.6 Å². The summed E-state index contributed by atoms with van der Waals surface area (Å²) in [4.78, 5) is 59.9. The van der Waals surface area contributed by atoms with Crippen LogP contribution < -0.4 is 15.1 Å². The van der Waals surface area contributed by atoms with Gasteiger partial charge in [-0.15, -0.1) is 0 Å². The van der Waals surface area contributed by atoms with Crippen molar-refractivity contribution in [1.29, 1.82) is 0 Å². The minimum Gasteiger partial charge on any atom is -0.491 e. The van der Waals surface area contributed by atoms with Crippen LogP contribution in [0.15, 0.2) is 109 Å². The Morgan fingerprint density at radius 2 is 1.60 bits per heavy atom. The minimum atomic E-state index is -1.37. The second kappa shape index (κ2) is 13.1. The first-order valence-electron chi connectivity index (χ1n) is 17.6. The predicted molar refractivity (Wildman–Crippen MR) is 196 cm³/mol. The molecule has 0 bridgehead atoms. The Kier molecular flexibility index (Phi) is 8.51. The summed E-state index contributed by atoms with van der Waals surface area (Å²) in [5, 5.41) is 11.0. The second-order valence-corrected chi connectivity index (χ2v) is 14.6. The molecule has 0 radical (unpaired) electrons. The number of nitrogens with zero attached hydrogens (tertiary/aromatic N) is 2. The number of benzene rings is 4. The third-order valence-electron chi connectivity index (χ3n) is 11.4. The number of fused-ring (bicyclic) bond motifs is 4. The first kappa shape index (κ1) is 33.9. The molecule has 2 heterocycles. The first-order valence-corrected chi connectivity index (χ1v) is 18.0. The number of amides is 4. The summed E-state index contributed by atoms with van der Waals surface area (Å²) in [6.07, 6.45) is 2.56. The maximum absolute atomic E-state index is 15.3. The molecule has 4 aromatic carbocycles. The van der Waals surface area contributed by atoms with E-state index in [4.69, 9.17) is 16.3 Å². The van der Waals surface area contributed by atoms with Gasteiger partial charge in [-0.25, -0.2) is 4.90 Å². The third-order valence-corrected chi connectivity index (χ3v) is 11.8. The number of ether oxygens (including phenoxy) is 1. The van der Waals surface area contributed by atoms with E-state index in [1.165, 1.54) is 4.90 Å². The van der Waals surface area contributed by atoms with Crippen molar-refractivity contribution in [3.05, 3.63) is 136 Å². The molecule has 8 rings (SSSR count). The van der Waals surface area contributed by atoms with Crippen molar-refractivity contribution in [1.82, 2.24) is 5.01 Å². The Labute approximate surface area is 306 Å². The van der Waals surface area contributed by atoms with Gasteiger partial charge in [0.2, 0.25) is 11.8 Å². The fourth-order valence-corrected chi connectivity index (χ4v) is 9.19. The lowest BCUT2D eigenvalue weighted by atomic mass is 9.49. The van der Waals surface area contributed by atoms with Gasteiger partial charge >= 0.3 is 0 Å². The molecule has 0 unspecified atom stereocenters. The zero-order chi connectivity index (χ0) is 36.3. The molecular weight excluding hydrogens is 678 g/mol. The van der Waals surface area contributed by atoms with E-state index in [0.717, 1.165) is 27.3 Å². The van der Waals surface area contributed by atoms with Gasteiger partial charge in [-0.05, 0) is 85.7 Å². The lowest BCUT2D eigenvalue weighted by molar-refractivity contribution is -0.138. The number of aryl methyl sites for hydroxylation is 2. The van der Waals surface area contributed by atoms with Gasteiger partial charge in [0.15, 0.2) is 0 Å². The van der Waals surface area contributed by atoms with Crippen LogP contribution in [-0.4, -0.2) is 47.0 Å². The van der Waals surface area contributed by atoms with Crippen LogP contribution in [0.5, 0.6) is 5.75 Å². The van der Waals surface area contributed by atoms with Gasteiger partial charge in [-0.3, -0.25) is 24.6 Å². The molecule has 2 aliphatic heterocycles. The van der Waals surface area contributed by atoms with E-state index in [-0.39, 0.29) is 43.3 Å². The lowest BCUT2D eigenvalue weighted by Gasteiger charge is -2.50. The maximum atomic E-state index is 15.3. The second-order valence-electron chi connectivity index (χ2n) is 14.2. The summed E-state index contributed by atoms with van der Waals surface area (Å²) >= 11 is 6.46. The van der Waals surface area contributed by atoms with Crippen LogP contribution >= 0.6 is 11.6 Å². The first-order chi connectivity index (χ1) is 25.1. The van der Waals surface area contributed by atoms with Crippen molar-refractivity contribution in [3.8, 4) is 5.75 Å². The number of rotatable bonds is 8. The van der Waals surface area contributed by atoms with Crippen LogP contribution in [0.25, 0.3) is 0 Å². The normalized spacial score (nSPS) is 26.5. The fourth-order valence-electron chi connectivity index (χ4n) is 9.02.